The van der Waals surface area contributed by atoms with Gasteiger partial charge in [0.15, 0.2) is 5.71 Å². The number of anilines is 2. The van der Waals surface area contributed by atoms with E-state index in [1.165, 1.54) is 5.01 Å². The number of amides is 1. The number of carbonyl (C=O) groups excluding carboxylic acids is 1. The van der Waals surface area contributed by atoms with E-state index in [2.05, 4.69) is 28.8 Å². The standard InChI is InChI=1S/C20H22N4O/c1-4-23(5-2)18-14-10-9-13-17(18)21-19-15(3)22-24(20(19)25)16-11-7-6-8-12-16/h6-14H,4-5H2,1-3H3. The summed E-state index contributed by atoms with van der Waals surface area (Å²) in [6.07, 6.45) is 0. The SMILES string of the molecule is CCN(CC)c1ccccc1N=C1C(=O)N(c2ccccc2)N=C1C. The summed E-state index contributed by atoms with van der Waals surface area (Å²) >= 11 is 0. The Morgan fingerprint density at radius 3 is 2.32 bits per heavy atom. The molecule has 0 N–H and O–H groups in total. The van der Waals surface area contributed by atoms with Crippen LogP contribution in [-0.4, -0.2) is 30.4 Å². The molecule has 1 aliphatic heterocycles. The van der Waals surface area contributed by atoms with Crippen LogP contribution in [0.4, 0.5) is 17.1 Å². The van der Waals surface area contributed by atoms with Crippen LogP contribution in [0.5, 0.6) is 0 Å². The predicted octanol–water partition coefficient (Wildman–Crippen LogP) is 4.03. The minimum Gasteiger partial charge on any atom is -0.370 e. The van der Waals surface area contributed by atoms with E-state index >= 15 is 0 Å². The van der Waals surface area contributed by atoms with Gasteiger partial charge < -0.3 is 4.90 Å². The molecule has 0 fully saturated rings. The first-order chi connectivity index (χ1) is 12.2. The number of rotatable bonds is 5. The fraction of sp³-hybridized carbons (Fsp3) is 0.250. The fourth-order valence-corrected chi connectivity index (χ4v) is 2.88. The Labute approximate surface area is 148 Å². The predicted molar refractivity (Wildman–Crippen MR) is 104 cm³/mol. The minimum absolute atomic E-state index is 0.196. The number of carbonyl (C=O) groups is 1. The quantitative estimate of drug-likeness (QED) is 0.829. The van der Waals surface area contributed by atoms with Gasteiger partial charge in [-0.1, -0.05) is 30.3 Å². The molecule has 2 aromatic carbocycles. The Bertz CT molecular complexity index is 823. The maximum atomic E-state index is 12.8. The fourth-order valence-electron chi connectivity index (χ4n) is 2.88. The zero-order valence-corrected chi connectivity index (χ0v) is 14.8. The van der Waals surface area contributed by atoms with Crippen molar-refractivity contribution in [1.82, 2.24) is 0 Å². The van der Waals surface area contributed by atoms with Crippen molar-refractivity contribution in [1.29, 1.82) is 0 Å². The number of hydrogen-bond acceptors (Lipinski definition) is 4. The third kappa shape index (κ3) is 3.31. The van der Waals surface area contributed by atoms with Gasteiger partial charge in [0.25, 0.3) is 5.91 Å². The van der Waals surface area contributed by atoms with Crippen molar-refractivity contribution in [2.24, 2.45) is 10.1 Å². The topological polar surface area (TPSA) is 48.3 Å². The Hall–Kier alpha value is -2.95. The largest absolute Gasteiger partial charge is 0.370 e. The number of nitrogens with zero attached hydrogens (tertiary/aromatic N) is 4. The van der Waals surface area contributed by atoms with Crippen LogP contribution in [0, 0.1) is 0 Å². The van der Waals surface area contributed by atoms with Gasteiger partial charge >= 0.3 is 0 Å². The molecule has 0 atom stereocenters. The van der Waals surface area contributed by atoms with Crippen LogP contribution < -0.4 is 9.91 Å². The Balaban J connectivity index is 1.98. The summed E-state index contributed by atoms with van der Waals surface area (Å²) < 4.78 is 0. The average Bonchev–Trinajstić information content (AvgIpc) is 2.93. The molecule has 5 nitrogen and oxygen atoms in total. The highest BCUT2D eigenvalue weighted by Crippen LogP contribution is 2.29. The van der Waals surface area contributed by atoms with Crippen molar-refractivity contribution in [2.45, 2.75) is 20.8 Å². The molecule has 0 spiro atoms. The first-order valence-corrected chi connectivity index (χ1v) is 8.53. The molecule has 2 aromatic rings. The van der Waals surface area contributed by atoms with E-state index in [0.717, 1.165) is 30.2 Å². The van der Waals surface area contributed by atoms with Crippen molar-refractivity contribution in [3.05, 3.63) is 54.6 Å². The van der Waals surface area contributed by atoms with Crippen LogP contribution in [0.3, 0.4) is 0 Å². The molecule has 0 radical (unpaired) electrons. The second kappa shape index (κ2) is 7.30. The number of para-hydroxylation sites is 3. The van der Waals surface area contributed by atoms with Gasteiger partial charge in [0.2, 0.25) is 0 Å². The lowest BCUT2D eigenvalue weighted by Crippen LogP contribution is -2.27. The van der Waals surface area contributed by atoms with Crippen molar-refractivity contribution in [3.63, 3.8) is 0 Å². The van der Waals surface area contributed by atoms with Crippen molar-refractivity contribution in [2.75, 3.05) is 23.0 Å². The lowest BCUT2D eigenvalue weighted by atomic mass is 10.2. The van der Waals surface area contributed by atoms with E-state index in [9.17, 15) is 4.79 Å². The summed E-state index contributed by atoms with van der Waals surface area (Å²) in [4.78, 5) is 19.7. The molecule has 25 heavy (non-hydrogen) atoms. The normalized spacial score (nSPS) is 15.6. The number of hydrazone groups is 1. The Morgan fingerprint density at radius 2 is 1.64 bits per heavy atom. The number of benzene rings is 2. The van der Waals surface area contributed by atoms with Crippen LogP contribution >= 0.6 is 0 Å². The van der Waals surface area contributed by atoms with E-state index in [1.807, 2.05) is 61.5 Å². The molecule has 3 rings (SSSR count). The molecular weight excluding hydrogens is 312 g/mol. The monoisotopic (exact) mass is 334 g/mol. The van der Waals surface area contributed by atoms with E-state index in [0.29, 0.717) is 11.4 Å². The van der Waals surface area contributed by atoms with Gasteiger partial charge in [-0.25, -0.2) is 4.99 Å². The summed E-state index contributed by atoms with van der Waals surface area (Å²) in [7, 11) is 0. The van der Waals surface area contributed by atoms with Crippen LogP contribution in [0.15, 0.2) is 64.7 Å². The van der Waals surface area contributed by atoms with Gasteiger partial charge in [-0.15, -0.1) is 0 Å². The summed E-state index contributed by atoms with van der Waals surface area (Å²) in [5, 5.41) is 5.80. The zero-order valence-electron chi connectivity index (χ0n) is 14.8. The molecule has 5 heteroatoms. The second-order valence-electron chi connectivity index (χ2n) is 5.76. The first kappa shape index (κ1) is 16.9. The molecule has 0 bridgehead atoms. The summed E-state index contributed by atoms with van der Waals surface area (Å²) in [6.45, 7) is 7.81. The number of hydrogen-bond donors (Lipinski definition) is 0. The molecule has 1 aliphatic rings. The molecule has 0 unspecified atom stereocenters. The van der Waals surface area contributed by atoms with E-state index in [1.54, 1.807) is 0 Å². The van der Waals surface area contributed by atoms with Crippen LogP contribution in [0.25, 0.3) is 0 Å². The van der Waals surface area contributed by atoms with Crippen molar-refractivity contribution in [3.8, 4) is 0 Å². The van der Waals surface area contributed by atoms with Gasteiger partial charge in [-0.05, 0) is 45.0 Å². The summed E-state index contributed by atoms with van der Waals surface area (Å²) in [6, 6.07) is 17.3. The third-order valence-corrected chi connectivity index (χ3v) is 4.21. The maximum absolute atomic E-state index is 12.8. The van der Waals surface area contributed by atoms with Gasteiger partial charge in [0.1, 0.15) is 0 Å². The van der Waals surface area contributed by atoms with Crippen LogP contribution in [0.1, 0.15) is 20.8 Å². The molecule has 128 valence electrons. The van der Waals surface area contributed by atoms with E-state index in [4.69, 9.17) is 0 Å². The molecule has 0 saturated carbocycles. The van der Waals surface area contributed by atoms with Crippen molar-refractivity contribution < 1.29 is 4.79 Å². The minimum atomic E-state index is -0.196. The summed E-state index contributed by atoms with van der Waals surface area (Å²) in [5.74, 6) is -0.196. The molecular formula is C20H22N4O. The van der Waals surface area contributed by atoms with E-state index in [-0.39, 0.29) is 5.91 Å². The molecule has 1 amide bonds. The molecule has 0 saturated heterocycles. The Kier molecular flexibility index (Phi) is 4.93. The highest BCUT2D eigenvalue weighted by molar-refractivity contribution is 6.71. The summed E-state index contributed by atoms with van der Waals surface area (Å²) in [5.41, 5.74) is 3.58. The first-order valence-electron chi connectivity index (χ1n) is 8.53. The van der Waals surface area contributed by atoms with E-state index < -0.39 is 0 Å². The highest BCUT2D eigenvalue weighted by atomic mass is 16.2. The van der Waals surface area contributed by atoms with Crippen molar-refractivity contribution >= 4 is 34.4 Å². The average molecular weight is 334 g/mol. The highest BCUT2D eigenvalue weighted by Gasteiger charge is 2.30. The van der Waals surface area contributed by atoms with Crippen LogP contribution in [-0.2, 0) is 4.79 Å². The lowest BCUT2D eigenvalue weighted by Gasteiger charge is -2.22. The van der Waals surface area contributed by atoms with Crippen LogP contribution in [0.2, 0.25) is 0 Å². The maximum Gasteiger partial charge on any atom is 0.299 e. The lowest BCUT2D eigenvalue weighted by molar-refractivity contribution is -0.112. The smallest absolute Gasteiger partial charge is 0.299 e. The van der Waals surface area contributed by atoms with Gasteiger partial charge in [-0.3, -0.25) is 4.79 Å². The Morgan fingerprint density at radius 1 is 1.00 bits per heavy atom. The number of aliphatic imine (C=N–C) groups is 1. The molecule has 1 heterocycles. The molecule has 0 aliphatic carbocycles. The van der Waals surface area contributed by atoms with Gasteiger partial charge in [0, 0.05) is 13.1 Å². The second-order valence-corrected chi connectivity index (χ2v) is 5.76. The third-order valence-electron chi connectivity index (χ3n) is 4.21. The molecule has 0 aromatic heterocycles. The zero-order chi connectivity index (χ0) is 17.8. The van der Waals surface area contributed by atoms with Gasteiger partial charge in [-0.2, -0.15) is 10.1 Å². The van der Waals surface area contributed by atoms with Gasteiger partial charge in [0.05, 0.1) is 22.8 Å².